The summed E-state index contributed by atoms with van der Waals surface area (Å²) in [7, 11) is 0. The number of nitrogens with two attached hydrogens (primary N) is 2. The quantitative estimate of drug-likeness (QED) is 0.444. The SMILES string of the molecule is CC1CCCCN1Cc1cccc(Cl)c1.NNC(N)=S. The van der Waals surface area contributed by atoms with Crippen molar-refractivity contribution in [2.24, 2.45) is 11.6 Å². The molecule has 1 fully saturated rings. The molecule has 5 N–H and O–H groups in total. The van der Waals surface area contributed by atoms with Crippen LogP contribution in [0.5, 0.6) is 0 Å². The highest BCUT2D eigenvalue weighted by Gasteiger charge is 2.17. The lowest BCUT2D eigenvalue weighted by molar-refractivity contribution is 0.152. The fourth-order valence-corrected chi connectivity index (χ4v) is 2.48. The van der Waals surface area contributed by atoms with E-state index in [-0.39, 0.29) is 5.11 Å². The molecule has 0 spiro atoms. The van der Waals surface area contributed by atoms with E-state index in [1.54, 1.807) is 0 Å². The molecule has 1 atom stereocenters. The summed E-state index contributed by atoms with van der Waals surface area (Å²) < 4.78 is 0. The van der Waals surface area contributed by atoms with Crippen LogP contribution in [0.3, 0.4) is 0 Å². The summed E-state index contributed by atoms with van der Waals surface area (Å²) in [6.45, 7) is 4.60. The number of hydrogen-bond donors (Lipinski definition) is 3. The minimum absolute atomic E-state index is 0.116. The molecular weight excluding hydrogens is 292 g/mol. The maximum atomic E-state index is 5.98. The zero-order valence-electron chi connectivity index (χ0n) is 11.8. The number of piperidine rings is 1. The first kappa shape index (κ1) is 17.2. The van der Waals surface area contributed by atoms with Crippen molar-refractivity contribution in [1.82, 2.24) is 10.3 Å². The van der Waals surface area contributed by atoms with Crippen molar-refractivity contribution in [1.29, 1.82) is 0 Å². The van der Waals surface area contributed by atoms with Crippen LogP contribution in [0.25, 0.3) is 0 Å². The number of rotatable bonds is 2. The molecule has 1 aliphatic rings. The van der Waals surface area contributed by atoms with E-state index in [0.29, 0.717) is 0 Å². The highest BCUT2D eigenvalue weighted by Crippen LogP contribution is 2.20. The fraction of sp³-hybridized carbons (Fsp3) is 0.500. The van der Waals surface area contributed by atoms with Crippen molar-refractivity contribution in [3.63, 3.8) is 0 Å². The van der Waals surface area contributed by atoms with Gasteiger partial charge in [-0.1, -0.05) is 30.2 Å². The summed E-state index contributed by atoms with van der Waals surface area (Å²) in [6, 6.07) is 8.92. The Morgan fingerprint density at radius 1 is 1.50 bits per heavy atom. The third-order valence-electron chi connectivity index (χ3n) is 3.36. The van der Waals surface area contributed by atoms with Gasteiger partial charge in [0.25, 0.3) is 0 Å². The third kappa shape index (κ3) is 6.52. The number of nitrogens with zero attached hydrogens (tertiary/aromatic N) is 1. The Morgan fingerprint density at radius 2 is 2.20 bits per heavy atom. The van der Waals surface area contributed by atoms with Gasteiger partial charge in [-0.05, 0) is 56.2 Å². The lowest BCUT2D eigenvalue weighted by Gasteiger charge is -2.33. The lowest BCUT2D eigenvalue weighted by atomic mass is 10.0. The van der Waals surface area contributed by atoms with E-state index in [2.05, 4.69) is 42.0 Å². The molecule has 0 aliphatic carbocycles. The smallest absolute Gasteiger partial charge is 0.177 e. The monoisotopic (exact) mass is 314 g/mol. The van der Waals surface area contributed by atoms with Crippen LogP contribution in [-0.2, 0) is 6.54 Å². The Balaban J connectivity index is 0.000000347. The highest BCUT2D eigenvalue weighted by atomic mass is 35.5. The minimum Gasteiger partial charge on any atom is -0.375 e. The van der Waals surface area contributed by atoms with Crippen molar-refractivity contribution in [2.75, 3.05) is 6.54 Å². The Kier molecular flexibility index (Phi) is 7.84. The van der Waals surface area contributed by atoms with Crippen LogP contribution in [0, 0.1) is 0 Å². The van der Waals surface area contributed by atoms with Crippen molar-refractivity contribution in [3.8, 4) is 0 Å². The van der Waals surface area contributed by atoms with Gasteiger partial charge in [0.2, 0.25) is 0 Å². The lowest BCUT2D eigenvalue weighted by Crippen LogP contribution is -2.36. The molecule has 0 radical (unpaired) electrons. The predicted molar refractivity (Wildman–Crippen MR) is 89.3 cm³/mol. The van der Waals surface area contributed by atoms with E-state index in [1.807, 2.05) is 17.6 Å². The Bertz CT molecular complexity index is 427. The Hall–Kier alpha value is -0.880. The molecule has 4 nitrogen and oxygen atoms in total. The second kappa shape index (κ2) is 9.13. The Morgan fingerprint density at radius 3 is 2.75 bits per heavy atom. The number of nitrogens with one attached hydrogen (secondary N) is 1. The maximum absolute atomic E-state index is 5.98. The standard InChI is InChI=1S/C13H18ClN.CH5N3S/c1-11-5-2-3-8-15(11)10-12-6-4-7-13(14)9-12;2-1(5)4-3/h4,6-7,9,11H,2-3,5,8,10H2,1H3;3H2,(H3,2,4,5). The third-order valence-corrected chi connectivity index (χ3v) is 3.71. The molecule has 0 saturated carbocycles. The van der Waals surface area contributed by atoms with E-state index >= 15 is 0 Å². The first-order valence-electron chi connectivity index (χ1n) is 6.77. The molecule has 1 aliphatic heterocycles. The summed E-state index contributed by atoms with van der Waals surface area (Å²) in [5.74, 6) is 4.66. The van der Waals surface area contributed by atoms with Crippen LogP contribution in [0.1, 0.15) is 31.7 Å². The van der Waals surface area contributed by atoms with Crippen LogP contribution in [0.2, 0.25) is 5.02 Å². The van der Waals surface area contributed by atoms with Crippen molar-refractivity contribution in [2.45, 2.75) is 38.8 Å². The van der Waals surface area contributed by atoms with Gasteiger partial charge < -0.3 is 11.2 Å². The van der Waals surface area contributed by atoms with Crippen molar-refractivity contribution in [3.05, 3.63) is 34.9 Å². The highest BCUT2D eigenvalue weighted by molar-refractivity contribution is 7.80. The summed E-state index contributed by atoms with van der Waals surface area (Å²) >= 11 is 10.2. The second-order valence-electron chi connectivity index (χ2n) is 4.95. The molecule has 1 heterocycles. The maximum Gasteiger partial charge on any atom is 0.177 e. The van der Waals surface area contributed by atoms with Gasteiger partial charge in [0.1, 0.15) is 0 Å². The summed E-state index contributed by atoms with van der Waals surface area (Å²) in [4.78, 5) is 2.55. The van der Waals surface area contributed by atoms with E-state index in [1.165, 1.54) is 31.4 Å². The minimum atomic E-state index is 0.116. The molecule has 0 bridgehead atoms. The zero-order valence-corrected chi connectivity index (χ0v) is 13.4. The van der Waals surface area contributed by atoms with E-state index in [9.17, 15) is 0 Å². The summed E-state index contributed by atoms with van der Waals surface area (Å²) in [6.07, 6.45) is 4.05. The predicted octanol–water partition coefficient (Wildman–Crippen LogP) is 2.41. The molecule has 2 rings (SSSR count). The Labute approximate surface area is 131 Å². The molecule has 1 unspecified atom stereocenters. The number of hydrazine groups is 1. The van der Waals surface area contributed by atoms with Gasteiger partial charge in [-0.2, -0.15) is 0 Å². The molecule has 1 aromatic rings. The first-order valence-corrected chi connectivity index (χ1v) is 7.56. The first-order chi connectivity index (χ1) is 9.52. The molecule has 1 aromatic carbocycles. The average Bonchev–Trinajstić information content (AvgIpc) is 2.42. The van der Waals surface area contributed by atoms with Gasteiger partial charge in [0.15, 0.2) is 5.11 Å². The van der Waals surface area contributed by atoms with Gasteiger partial charge in [0, 0.05) is 17.6 Å². The summed E-state index contributed by atoms with van der Waals surface area (Å²) in [5, 5.41) is 0.960. The molecular formula is C14H23ClN4S. The van der Waals surface area contributed by atoms with E-state index in [4.69, 9.17) is 17.3 Å². The van der Waals surface area contributed by atoms with Gasteiger partial charge in [0.05, 0.1) is 0 Å². The molecule has 6 heteroatoms. The number of halogens is 1. The molecule has 0 amide bonds. The number of hydrogen-bond acceptors (Lipinski definition) is 3. The fourth-order valence-electron chi connectivity index (χ4n) is 2.26. The molecule has 112 valence electrons. The summed E-state index contributed by atoms with van der Waals surface area (Å²) in [5.41, 5.74) is 8.15. The average molecular weight is 315 g/mol. The topological polar surface area (TPSA) is 67.3 Å². The molecule has 20 heavy (non-hydrogen) atoms. The van der Waals surface area contributed by atoms with Crippen LogP contribution < -0.4 is 17.0 Å². The number of likely N-dealkylation sites (tertiary alicyclic amines) is 1. The van der Waals surface area contributed by atoms with Crippen LogP contribution in [-0.4, -0.2) is 22.6 Å². The van der Waals surface area contributed by atoms with Crippen molar-refractivity contribution < 1.29 is 0 Å². The van der Waals surface area contributed by atoms with E-state index in [0.717, 1.165) is 17.6 Å². The largest absolute Gasteiger partial charge is 0.375 e. The normalized spacial score (nSPS) is 18.9. The van der Waals surface area contributed by atoms with Crippen LogP contribution >= 0.6 is 23.8 Å². The van der Waals surface area contributed by atoms with Gasteiger partial charge in [-0.15, -0.1) is 0 Å². The van der Waals surface area contributed by atoms with Crippen LogP contribution in [0.4, 0.5) is 0 Å². The van der Waals surface area contributed by atoms with Gasteiger partial charge >= 0.3 is 0 Å². The van der Waals surface area contributed by atoms with Crippen molar-refractivity contribution >= 4 is 28.9 Å². The van der Waals surface area contributed by atoms with Gasteiger partial charge in [-0.3, -0.25) is 4.90 Å². The molecule has 0 aromatic heterocycles. The zero-order chi connectivity index (χ0) is 15.0. The molecule has 1 saturated heterocycles. The number of benzene rings is 1. The second-order valence-corrected chi connectivity index (χ2v) is 5.83. The van der Waals surface area contributed by atoms with E-state index < -0.39 is 0 Å². The van der Waals surface area contributed by atoms with Gasteiger partial charge in [-0.25, -0.2) is 5.84 Å². The number of thiocarbonyl (C=S) groups is 1. The van der Waals surface area contributed by atoms with Crippen LogP contribution in [0.15, 0.2) is 24.3 Å².